The maximum atomic E-state index is 15.2. The van der Waals surface area contributed by atoms with Gasteiger partial charge in [-0.1, -0.05) is 30.3 Å². The van der Waals surface area contributed by atoms with Crippen LogP contribution in [0.2, 0.25) is 0 Å². The van der Waals surface area contributed by atoms with E-state index in [0.29, 0.717) is 35.7 Å². The fourth-order valence-electron chi connectivity index (χ4n) is 4.43. The summed E-state index contributed by atoms with van der Waals surface area (Å²) in [5, 5.41) is 3.17. The third kappa shape index (κ3) is 4.25. The van der Waals surface area contributed by atoms with Crippen molar-refractivity contribution < 1.29 is 13.6 Å². The Bertz CT molecular complexity index is 1410. The van der Waals surface area contributed by atoms with Crippen molar-refractivity contribution in [2.45, 2.75) is 26.4 Å². The lowest BCUT2D eigenvalue weighted by Crippen LogP contribution is -2.22. The number of aromatic nitrogens is 2. The molecule has 5 rings (SSSR count). The van der Waals surface area contributed by atoms with Gasteiger partial charge in [0.2, 0.25) is 0 Å². The standard InChI is InChI=1S/C28H24F2N4O/c1-3-34-16-23-20(28(34)35)10-12-32-27(23)33-17(2)21-14-25(30)22(15-24(21)29)19-9-11-31-26(13-19)18-7-5-4-6-8-18/h4-15,17H,3,16H2,1-2H3,(H,32,33). The largest absolute Gasteiger partial charge is 0.363 e. The first-order valence-electron chi connectivity index (χ1n) is 11.5. The molecule has 0 bridgehead atoms. The predicted molar refractivity (Wildman–Crippen MR) is 132 cm³/mol. The molecule has 176 valence electrons. The van der Waals surface area contributed by atoms with E-state index in [-0.39, 0.29) is 17.0 Å². The number of carbonyl (C=O) groups excluding carboxylic acids is 1. The molecule has 5 nitrogen and oxygen atoms in total. The van der Waals surface area contributed by atoms with E-state index in [2.05, 4.69) is 15.3 Å². The van der Waals surface area contributed by atoms with Gasteiger partial charge in [-0.3, -0.25) is 9.78 Å². The molecule has 3 heterocycles. The van der Waals surface area contributed by atoms with E-state index in [9.17, 15) is 4.79 Å². The smallest absolute Gasteiger partial charge is 0.254 e. The van der Waals surface area contributed by atoms with Crippen LogP contribution in [0.1, 0.15) is 41.4 Å². The third-order valence-electron chi connectivity index (χ3n) is 6.35. The third-order valence-corrected chi connectivity index (χ3v) is 6.35. The summed E-state index contributed by atoms with van der Waals surface area (Å²) in [7, 11) is 0. The molecule has 0 radical (unpaired) electrons. The Hall–Kier alpha value is -4.13. The SMILES string of the molecule is CCN1Cc2c(ccnc2NC(C)c2cc(F)c(-c3ccnc(-c4ccccc4)c3)cc2F)C1=O. The van der Waals surface area contributed by atoms with Crippen LogP contribution < -0.4 is 5.32 Å². The van der Waals surface area contributed by atoms with Crippen molar-refractivity contribution in [1.82, 2.24) is 14.9 Å². The Kier molecular flexibility index (Phi) is 5.99. The highest BCUT2D eigenvalue weighted by Gasteiger charge is 2.29. The molecule has 0 saturated heterocycles. The van der Waals surface area contributed by atoms with Gasteiger partial charge < -0.3 is 10.2 Å². The van der Waals surface area contributed by atoms with Crippen LogP contribution in [0.15, 0.2) is 73.1 Å². The molecule has 1 N–H and O–H groups in total. The van der Waals surface area contributed by atoms with Gasteiger partial charge in [0, 0.05) is 46.8 Å². The summed E-state index contributed by atoms with van der Waals surface area (Å²) in [6.45, 7) is 4.69. The number of nitrogens with one attached hydrogen (secondary N) is 1. The van der Waals surface area contributed by atoms with Crippen molar-refractivity contribution in [3.8, 4) is 22.4 Å². The Balaban J connectivity index is 1.43. The molecule has 1 aliphatic rings. The first-order chi connectivity index (χ1) is 17.0. The lowest BCUT2D eigenvalue weighted by molar-refractivity contribution is 0.0787. The molecule has 4 aromatic rings. The number of anilines is 1. The normalized spacial score (nSPS) is 13.6. The summed E-state index contributed by atoms with van der Waals surface area (Å²) in [5.74, 6) is -0.601. The Morgan fingerprint density at radius 1 is 0.943 bits per heavy atom. The van der Waals surface area contributed by atoms with Crippen LogP contribution in [-0.2, 0) is 6.54 Å². The van der Waals surface area contributed by atoms with Crippen molar-refractivity contribution in [3.63, 3.8) is 0 Å². The highest BCUT2D eigenvalue weighted by atomic mass is 19.1. The second kappa shape index (κ2) is 9.25. The van der Waals surface area contributed by atoms with Gasteiger partial charge in [-0.25, -0.2) is 13.8 Å². The predicted octanol–water partition coefficient (Wildman–Crippen LogP) is 6.24. The second-order valence-corrected chi connectivity index (χ2v) is 8.52. The lowest BCUT2D eigenvalue weighted by Gasteiger charge is -2.19. The quantitative estimate of drug-likeness (QED) is 0.363. The molecule has 2 aromatic carbocycles. The first kappa shape index (κ1) is 22.7. The average molecular weight is 471 g/mol. The van der Waals surface area contributed by atoms with Crippen molar-refractivity contribution in [1.29, 1.82) is 0 Å². The van der Waals surface area contributed by atoms with Crippen molar-refractivity contribution in [2.75, 3.05) is 11.9 Å². The summed E-state index contributed by atoms with van der Waals surface area (Å²) >= 11 is 0. The number of hydrogen-bond acceptors (Lipinski definition) is 4. The highest BCUT2D eigenvalue weighted by molar-refractivity contribution is 5.99. The zero-order valence-corrected chi connectivity index (χ0v) is 19.4. The van der Waals surface area contributed by atoms with Gasteiger partial charge >= 0.3 is 0 Å². The number of hydrogen-bond donors (Lipinski definition) is 1. The van der Waals surface area contributed by atoms with E-state index in [1.54, 1.807) is 42.4 Å². The van der Waals surface area contributed by atoms with Crippen LogP contribution in [0, 0.1) is 11.6 Å². The van der Waals surface area contributed by atoms with Gasteiger partial charge in [-0.2, -0.15) is 0 Å². The first-order valence-corrected chi connectivity index (χ1v) is 11.5. The minimum atomic E-state index is -0.569. The highest BCUT2D eigenvalue weighted by Crippen LogP contribution is 2.33. The Morgan fingerprint density at radius 3 is 2.49 bits per heavy atom. The molecule has 1 unspecified atom stereocenters. The molecule has 7 heteroatoms. The zero-order chi connectivity index (χ0) is 24.5. The number of fused-ring (bicyclic) bond motifs is 1. The number of benzene rings is 2. The van der Waals surface area contributed by atoms with Crippen molar-refractivity contribution >= 4 is 11.7 Å². The van der Waals surface area contributed by atoms with E-state index in [1.807, 2.05) is 37.3 Å². The van der Waals surface area contributed by atoms with Gasteiger partial charge in [0.25, 0.3) is 5.91 Å². The molecular weight excluding hydrogens is 446 g/mol. The summed E-state index contributed by atoms with van der Waals surface area (Å²) < 4.78 is 30.5. The fraction of sp³-hybridized carbons (Fsp3) is 0.179. The van der Waals surface area contributed by atoms with Crippen LogP contribution in [0.4, 0.5) is 14.6 Å². The van der Waals surface area contributed by atoms with E-state index in [4.69, 9.17) is 0 Å². The second-order valence-electron chi connectivity index (χ2n) is 8.52. The zero-order valence-electron chi connectivity index (χ0n) is 19.4. The van der Waals surface area contributed by atoms with Crippen molar-refractivity contribution in [3.05, 3.63) is 101 Å². The number of amides is 1. The van der Waals surface area contributed by atoms with Gasteiger partial charge in [-0.15, -0.1) is 0 Å². The number of halogens is 2. The number of pyridine rings is 2. The molecule has 0 aliphatic carbocycles. The summed E-state index contributed by atoms with van der Waals surface area (Å²) in [6.07, 6.45) is 3.15. The molecule has 0 saturated carbocycles. The van der Waals surface area contributed by atoms with Gasteiger partial charge in [0.1, 0.15) is 17.5 Å². The fourth-order valence-corrected chi connectivity index (χ4v) is 4.43. The molecule has 0 fully saturated rings. The summed E-state index contributed by atoms with van der Waals surface area (Å²) in [4.78, 5) is 22.9. The van der Waals surface area contributed by atoms with Gasteiger partial charge in [-0.05, 0) is 49.7 Å². The number of nitrogens with zero attached hydrogens (tertiary/aromatic N) is 3. The molecule has 0 spiro atoms. The lowest BCUT2D eigenvalue weighted by atomic mass is 9.99. The van der Waals surface area contributed by atoms with Crippen LogP contribution >= 0.6 is 0 Å². The maximum absolute atomic E-state index is 15.2. The van der Waals surface area contributed by atoms with E-state index in [1.165, 1.54) is 12.1 Å². The van der Waals surface area contributed by atoms with Gasteiger partial charge in [0.15, 0.2) is 0 Å². The average Bonchev–Trinajstić information content (AvgIpc) is 3.22. The van der Waals surface area contributed by atoms with Crippen LogP contribution in [0.5, 0.6) is 0 Å². The van der Waals surface area contributed by atoms with Crippen LogP contribution in [-0.4, -0.2) is 27.3 Å². The molecular formula is C28H24F2N4O. The van der Waals surface area contributed by atoms with E-state index >= 15 is 8.78 Å². The molecule has 35 heavy (non-hydrogen) atoms. The summed E-state index contributed by atoms with van der Waals surface area (Å²) in [6, 6.07) is 16.5. The van der Waals surface area contributed by atoms with E-state index in [0.717, 1.165) is 11.1 Å². The molecule has 1 atom stereocenters. The number of rotatable bonds is 6. The number of carbonyl (C=O) groups is 1. The maximum Gasteiger partial charge on any atom is 0.254 e. The van der Waals surface area contributed by atoms with Crippen LogP contribution in [0.3, 0.4) is 0 Å². The van der Waals surface area contributed by atoms with E-state index < -0.39 is 17.7 Å². The Labute approximate surface area is 202 Å². The van der Waals surface area contributed by atoms with Gasteiger partial charge in [0.05, 0.1) is 18.3 Å². The molecule has 1 aliphatic heterocycles. The minimum Gasteiger partial charge on any atom is -0.363 e. The molecule has 2 aromatic heterocycles. The molecule has 1 amide bonds. The Morgan fingerprint density at radius 2 is 1.71 bits per heavy atom. The summed E-state index contributed by atoms with van der Waals surface area (Å²) in [5.41, 5.74) is 3.83. The monoisotopic (exact) mass is 470 g/mol. The van der Waals surface area contributed by atoms with Crippen molar-refractivity contribution in [2.24, 2.45) is 0 Å². The topological polar surface area (TPSA) is 58.1 Å². The minimum absolute atomic E-state index is 0.0468. The van der Waals surface area contributed by atoms with Crippen LogP contribution in [0.25, 0.3) is 22.4 Å².